The Morgan fingerprint density at radius 2 is 1.96 bits per heavy atom. The Morgan fingerprint density at radius 1 is 1.11 bits per heavy atom. The summed E-state index contributed by atoms with van der Waals surface area (Å²) in [6, 6.07) is 4.07. The minimum atomic E-state index is 0.168. The van der Waals surface area contributed by atoms with E-state index in [-0.39, 0.29) is 6.10 Å². The number of aromatic nitrogens is 5. The Bertz CT molecular complexity index is 977. The number of hydrogen-bond donors (Lipinski definition) is 0. The Hall–Kier alpha value is -2.74. The molecule has 2 aliphatic heterocycles. The van der Waals surface area contributed by atoms with Gasteiger partial charge in [0, 0.05) is 62.8 Å². The van der Waals surface area contributed by atoms with E-state index in [1.165, 1.54) is 5.56 Å². The molecular formula is C19H23N7O. The number of aryl methyl sites for hydroxylation is 2. The van der Waals surface area contributed by atoms with E-state index in [9.17, 15) is 0 Å². The lowest BCUT2D eigenvalue weighted by atomic mass is 10.1. The van der Waals surface area contributed by atoms with Crippen molar-refractivity contribution in [3.8, 4) is 5.88 Å². The molecule has 1 saturated heterocycles. The molecule has 140 valence electrons. The highest BCUT2D eigenvalue weighted by Crippen LogP contribution is 2.29. The van der Waals surface area contributed by atoms with Crippen molar-refractivity contribution in [2.24, 2.45) is 0 Å². The summed E-state index contributed by atoms with van der Waals surface area (Å²) in [5, 5.41) is 4.65. The monoisotopic (exact) mass is 365 g/mol. The van der Waals surface area contributed by atoms with Gasteiger partial charge in [0.2, 0.25) is 5.88 Å². The average Bonchev–Trinajstić information content (AvgIpc) is 3.28. The summed E-state index contributed by atoms with van der Waals surface area (Å²) in [7, 11) is 0. The van der Waals surface area contributed by atoms with Crippen LogP contribution in [0.15, 0.2) is 24.5 Å². The van der Waals surface area contributed by atoms with Gasteiger partial charge in [-0.3, -0.25) is 4.90 Å². The first-order chi connectivity index (χ1) is 13.2. The maximum absolute atomic E-state index is 6.09. The number of piperazine rings is 1. The van der Waals surface area contributed by atoms with Crippen LogP contribution in [-0.4, -0.2) is 68.3 Å². The summed E-state index contributed by atoms with van der Waals surface area (Å²) < 4.78 is 7.92. The second-order valence-electron chi connectivity index (χ2n) is 7.29. The second kappa shape index (κ2) is 6.45. The molecule has 8 nitrogen and oxygen atoms in total. The van der Waals surface area contributed by atoms with Crippen LogP contribution in [0.25, 0.3) is 5.65 Å². The normalized spacial score (nSPS) is 20.1. The summed E-state index contributed by atoms with van der Waals surface area (Å²) in [5.74, 6) is 2.57. The number of nitrogens with zero attached hydrogens (tertiary/aromatic N) is 7. The van der Waals surface area contributed by atoms with Crippen molar-refractivity contribution in [3.05, 3.63) is 41.6 Å². The van der Waals surface area contributed by atoms with Gasteiger partial charge >= 0.3 is 0 Å². The molecule has 0 unspecified atom stereocenters. The first kappa shape index (κ1) is 16.4. The number of hydrogen-bond acceptors (Lipinski definition) is 7. The summed E-state index contributed by atoms with van der Waals surface area (Å²) in [5.41, 5.74) is 3.09. The molecule has 27 heavy (non-hydrogen) atoms. The van der Waals surface area contributed by atoms with Crippen molar-refractivity contribution >= 4 is 11.5 Å². The standard InChI is InChI=1S/C19H23N7O/c1-13-16-11-15(27-19(16)22-14(2)21-13)12-24-7-9-25(10-8-24)18-4-3-17-20-5-6-26(17)23-18/h3-6,15H,7-12H2,1-2H3/t15-/m1/s1. The Balaban J connectivity index is 1.20. The molecule has 0 aliphatic carbocycles. The zero-order valence-electron chi connectivity index (χ0n) is 15.7. The lowest BCUT2D eigenvalue weighted by Gasteiger charge is -2.36. The third kappa shape index (κ3) is 3.10. The van der Waals surface area contributed by atoms with Crippen molar-refractivity contribution in [2.75, 3.05) is 37.6 Å². The highest BCUT2D eigenvalue weighted by atomic mass is 16.5. The molecule has 0 amide bonds. The Morgan fingerprint density at radius 3 is 2.81 bits per heavy atom. The van der Waals surface area contributed by atoms with Crippen LogP contribution in [0.4, 0.5) is 5.82 Å². The lowest BCUT2D eigenvalue weighted by molar-refractivity contribution is 0.141. The predicted octanol–water partition coefficient (Wildman–Crippen LogP) is 1.26. The van der Waals surface area contributed by atoms with Gasteiger partial charge < -0.3 is 9.64 Å². The Kier molecular flexibility index (Phi) is 3.93. The van der Waals surface area contributed by atoms with Gasteiger partial charge in [-0.2, -0.15) is 4.98 Å². The molecular weight excluding hydrogens is 342 g/mol. The SMILES string of the molecule is Cc1nc(C)c2c(n1)O[C@@H](CN1CCN(c3ccc4nccn4n3)CC1)C2. The van der Waals surface area contributed by atoms with Crippen molar-refractivity contribution in [1.29, 1.82) is 0 Å². The number of imidazole rings is 1. The van der Waals surface area contributed by atoms with Crippen LogP contribution in [0.2, 0.25) is 0 Å². The van der Waals surface area contributed by atoms with Crippen LogP contribution in [0.5, 0.6) is 5.88 Å². The summed E-state index contributed by atoms with van der Waals surface area (Å²) in [6.45, 7) is 8.82. The number of ether oxygens (including phenoxy) is 1. The van der Waals surface area contributed by atoms with Crippen molar-refractivity contribution in [2.45, 2.75) is 26.4 Å². The van der Waals surface area contributed by atoms with Gasteiger partial charge in [-0.1, -0.05) is 0 Å². The molecule has 3 aromatic heterocycles. The average molecular weight is 365 g/mol. The fraction of sp³-hybridized carbons (Fsp3) is 0.474. The first-order valence-corrected chi connectivity index (χ1v) is 9.44. The van der Waals surface area contributed by atoms with Gasteiger partial charge in [0.1, 0.15) is 17.7 Å². The topological polar surface area (TPSA) is 71.7 Å². The molecule has 5 heterocycles. The fourth-order valence-corrected chi connectivity index (χ4v) is 3.99. The second-order valence-corrected chi connectivity index (χ2v) is 7.29. The van der Waals surface area contributed by atoms with Crippen LogP contribution in [0, 0.1) is 13.8 Å². The number of fused-ring (bicyclic) bond motifs is 2. The molecule has 1 fully saturated rings. The first-order valence-electron chi connectivity index (χ1n) is 9.44. The summed E-state index contributed by atoms with van der Waals surface area (Å²) in [4.78, 5) is 18.0. The van der Waals surface area contributed by atoms with Gasteiger partial charge in [-0.25, -0.2) is 14.5 Å². The van der Waals surface area contributed by atoms with E-state index < -0.39 is 0 Å². The van der Waals surface area contributed by atoms with Gasteiger partial charge in [0.25, 0.3) is 0 Å². The van der Waals surface area contributed by atoms with Crippen molar-refractivity contribution < 1.29 is 4.74 Å². The minimum Gasteiger partial charge on any atom is -0.472 e. The summed E-state index contributed by atoms with van der Waals surface area (Å²) >= 11 is 0. The van der Waals surface area contributed by atoms with E-state index in [0.717, 1.165) is 68.0 Å². The molecule has 0 bridgehead atoms. The molecule has 5 rings (SSSR count). The number of anilines is 1. The molecule has 8 heteroatoms. The highest BCUT2D eigenvalue weighted by molar-refractivity contribution is 5.46. The zero-order valence-corrected chi connectivity index (χ0v) is 15.7. The number of rotatable bonds is 3. The molecule has 3 aromatic rings. The smallest absolute Gasteiger partial charge is 0.220 e. The molecule has 0 radical (unpaired) electrons. The van der Waals surface area contributed by atoms with Gasteiger partial charge in [0.05, 0.1) is 0 Å². The van der Waals surface area contributed by atoms with E-state index in [4.69, 9.17) is 4.74 Å². The Labute approximate surface area is 157 Å². The van der Waals surface area contributed by atoms with E-state index in [1.54, 1.807) is 6.20 Å². The third-order valence-electron chi connectivity index (χ3n) is 5.40. The molecule has 0 N–H and O–H groups in total. The van der Waals surface area contributed by atoms with Crippen molar-refractivity contribution in [3.63, 3.8) is 0 Å². The quantitative estimate of drug-likeness (QED) is 0.692. The van der Waals surface area contributed by atoms with Crippen LogP contribution < -0.4 is 9.64 Å². The van der Waals surface area contributed by atoms with E-state index in [1.807, 2.05) is 30.6 Å². The van der Waals surface area contributed by atoms with Crippen LogP contribution in [0.3, 0.4) is 0 Å². The molecule has 0 aromatic carbocycles. The molecule has 2 aliphatic rings. The van der Waals surface area contributed by atoms with Gasteiger partial charge in [-0.05, 0) is 26.0 Å². The third-order valence-corrected chi connectivity index (χ3v) is 5.40. The highest BCUT2D eigenvalue weighted by Gasteiger charge is 2.29. The largest absolute Gasteiger partial charge is 0.472 e. The molecule has 0 saturated carbocycles. The van der Waals surface area contributed by atoms with Crippen LogP contribution in [-0.2, 0) is 6.42 Å². The molecule has 0 spiro atoms. The van der Waals surface area contributed by atoms with Crippen LogP contribution in [0.1, 0.15) is 17.1 Å². The van der Waals surface area contributed by atoms with E-state index in [2.05, 4.69) is 35.9 Å². The predicted molar refractivity (Wildman–Crippen MR) is 101 cm³/mol. The van der Waals surface area contributed by atoms with Crippen LogP contribution >= 0.6 is 0 Å². The zero-order chi connectivity index (χ0) is 18.4. The maximum atomic E-state index is 6.09. The van der Waals surface area contributed by atoms with Gasteiger partial charge in [-0.15, -0.1) is 5.10 Å². The maximum Gasteiger partial charge on any atom is 0.220 e. The van der Waals surface area contributed by atoms with Gasteiger partial charge in [0.15, 0.2) is 5.65 Å². The molecule has 1 atom stereocenters. The van der Waals surface area contributed by atoms with E-state index in [0.29, 0.717) is 0 Å². The minimum absolute atomic E-state index is 0.168. The lowest BCUT2D eigenvalue weighted by Crippen LogP contribution is -2.49. The summed E-state index contributed by atoms with van der Waals surface area (Å²) in [6.07, 6.45) is 4.73. The van der Waals surface area contributed by atoms with E-state index >= 15 is 0 Å². The van der Waals surface area contributed by atoms with Crippen molar-refractivity contribution in [1.82, 2.24) is 29.5 Å². The fourth-order valence-electron chi connectivity index (χ4n) is 3.99.